The molecule has 0 radical (unpaired) electrons. The third-order valence-corrected chi connectivity index (χ3v) is 5.09. The largest absolute Gasteiger partial charge is 0.469 e. The van der Waals surface area contributed by atoms with E-state index in [0.29, 0.717) is 0 Å². The van der Waals surface area contributed by atoms with Gasteiger partial charge in [0, 0.05) is 10.9 Å². The van der Waals surface area contributed by atoms with Gasteiger partial charge in [0.1, 0.15) is 12.4 Å². The van der Waals surface area contributed by atoms with Crippen molar-refractivity contribution in [2.45, 2.75) is 32.4 Å². The van der Waals surface area contributed by atoms with E-state index < -0.39 is 6.04 Å². The first-order chi connectivity index (χ1) is 13.5. The lowest BCUT2D eigenvalue weighted by molar-refractivity contribution is -0.141. The summed E-state index contributed by atoms with van der Waals surface area (Å²) in [7, 11) is 1.34. The standard InChI is InChI=1S/C21H22BrN3O3/c1-3-19-23-16-6-4-5-7-18(16)25(19)13-20(26)24-17(12-21(27)28-2)14-8-10-15(22)11-9-14/h4-11,17H,3,12-13H2,1-2H3,(H,24,26). The lowest BCUT2D eigenvalue weighted by Crippen LogP contribution is -2.33. The summed E-state index contributed by atoms with van der Waals surface area (Å²) in [6, 6.07) is 14.8. The van der Waals surface area contributed by atoms with Crippen molar-refractivity contribution in [3.63, 3.8) is 0 Å². The highest BCUT2D eigenvalue weighted by Crippen LogP contribution is 2.21. The number of carbonyl (C=O) groups excluding carboxylic acids is 2. The summed E-state index contributed by atoms with van der Waals surface area (Å²) in [6.45, 7) is 2.15. The number of nitrogens with one attached hydrogen (secondary N) is 1. The molecular formula is C21H22BrN3O3. The number of carbonyl (C=O) groups is 2. The number of amides is 1. The van der Waals surface area contributed by atoms with Gasteiger partial charge in [0.15, 0.2) is 0 Å². The number of para-hydroxylation sites is 2. The Balaban J connectivity index is 1.82. The molecule has 3 aromatic rings. The van der Waals surface area contributed by atoms with E-state index >= 15 is 0 Å². The van der Waals surface area contributed by atoms with E-state index in [1.165, 1.54) is 7.11 Å². The fourth-order valence-electron chi connectivity index (χ4n) is 3.15. The molecule has 1 amide bonds. The summed E-state index contributed by atoms with van der Waals surface area (Å²) >= 11 is 3.40. The highest BCUT2D eigenvalue weighted by Gasteiger charge is 2.20. The fraction of sp³-hybridized carbons (Fsp3) is 0.286. The van der Waals surface area contributed by atoms with E-state index in [0.717, 1.165) is 33.3 Å². The van der Waals surface area contributed by atoms with Crippen molar-refractivity contribution >= 4 is 38.8 Å². The molecule has 28 heavy (non-hydrogen) atoms. The van der Waals surface area contributed by atoms with E-state index in [2.05, 4.69) is 26.2 Å². The molecule has 0 aliphatic heterocycles. The molecule has 1 atom stereocenters. The van der Waals surface area contributed by atoms with Gasteiger partial charge < -0.3 is 14.6 Å². The van der Waals surface area contributed by atoms with Crippen LogP contribution in [0.3, 0.4) is 0 Å². The van der Waals surface area contributed by atoms with Crippen molar-refractivity contribution in [1.29, 1.82) is 0 Å². The number of benzene rings is 2. The van der Waals surface area contributed by atoms with Gasteiger partial charge in [-0.1, -0.05) is 47.1 Å². The van der Waals surface area contributed by atoms with E-state index in [-0.39, 0.29) is 24.8 Å². The van der Waals surface area contributed by atoms with Crippen LogP contribution in [0.1, 0.15) is 30.8 Å². The van der Waals surface area contributed by atoms with Gasteiger partial charge in [-0.3, -0.25) is 9.59 Å². The Morgan fingerprint density at radius 3 is 2.57 bits per heavy atom. The third-order valence-electron chi connectivity index (χ3n) is 4.56. The molecule has 146 valence electrons. The molecule has 6 nitrogen and oxygen atoms in total. The number of ether oxygens (including phenoxy) is 1. The summed E-state index contributed by atoms with van der Waals surface area (Å²) in [4.78, 5) is 29.3. The number of fused-ring (bicyclic) bond motifs is 1. The number of aryl methyl sites for hydroxylation is 1. The quantitative estimate of drug-likeness (QED) is 0.563. The number of rotatable bonds is 7. The number of nitrogens with zero attached hydrogens (tertiary/aromatic N) is 2. The van der Waals surface area contributed by atoms with Crippen molar-refractivity contribution in [1.82, 2.24) is 14.9 Å². The van der Waals surface area contributed by atoms with Crippen molar-refractivity contribution in [3.8, 4) is 0 Å². The Labute approximate surface area is 172 Å². The van der Waals surface area contributed by atoms with Crippen LogP contribution in [0.5, 0.6) is 0 Å². The average Bonchev–Trinajstić information content (AvgIpc) is 3.05. The number of esters is 1. The second kappa shape index (κ2) is 9.01. The Morgan fingerprint density at radius 1 is 1.18 bits per heavy atom. The fourth-order valence-corrected chi connectivity index (χ4v) is 3.42. The second-order valence-corrected chi connectivity index (χ2v) is 7.32. The van der Waals surface area contributed by atoms with Gasteiger partial charge in [-0.05, 0) is 29.8 Å². The van der Waals surface area contributed by atoms with Crippen LogP contribution in [0.4, 0.5) is 0 Å². The zero-order valence-electron chi connectivity index (χ0n) is 15.8. The number of aromatic nitrogens is 2. The van der Waals surface area contributed by atoms with Crippen molar-refractivity contribution in [2.24, 2.45) is 0 Å². The van der Waals surface area contributed by atoms with Gasteiger partial charge in [-0.15, -0.1) is 0 Å². The molecule has 2 aromatic carbocycles. The summed E-state index contributed by atoms with van der Waals surface area (Å²) in [5.74, 6) is 0.287. The SMILES string of the molecule is CCc1nc2ccccc2n1CC(=O)NC(CC(=O)OC)c1ccc(Br)cc1. The number of methoxy groups -OCH3 is 1. The molecule has 1 unspecified atom stereocenters. The van der Waals surface area contributed by atoms with Gasteiger partial charge in [-0.2, -0.15) is 0 Å². The number of hydrogen-bond acceptors (Lipinski definition) is 4. The summed E-state index contributed by atoms with van der Waals surface area (Å²) in [5, 5.41) is 2.97. The van der Waals surface area contributed by atoms with Crippen LogP contribution in [-0.2, 0) is 27.3 Å². The highest BCUT2D eigenvalue weighted by atomic mass is 79.9. The minimum absolute atomic E-state index is 0.0647. The Kier molecular flexibility index (Phi) is 6.46. The van der Waals surface area contributed by atoms with Crippen LogP contribution in [0.25, 0.3) is 11.0 Å². The Bertz CT molecular complexity index is 982. The lowest BCUT2D eigenvalue weighted by Gasteiger charge is -2.19. The average molecular weight is 444 g/mol. The minimum atomic E-state index is -0.465. The number of halogens is 1. The molecule has 0 bridgehead atoms. The number of imidazole rings is 1. The lowest BCUT2D eigenvalue weighted by atomic mass is 10.0. The van der Waals surface area contributed by atoms with Gasteiger partial charge in [-0.25, -0.2) is 4.98 Å². The van der Waals surface area contributed by atoms with E-state index in [1.54, 1.807) is 0 Å². The molecule has 1 heterocycles. The molecule has 0 fully saturated rings. The van der Waals surface area contributed by atoms with Crippen LogP contribution >= 0.6 is 15.9 Å². The predicted octanol–water partition coefficient (Wildman–Crippen LogP) is 3.78. The van der Waals surface area contributed by atoms with Crippen LogP contribution in [0, 0.1) is 0 Å². The maximum atomic E-state index is 12.8. The van der Waals surface area contributed by atoms with Gasteiger partial charge >= 0.3 is 5.97 Å². The normalized spacial score (nSPS) is 12.0. The molecule has 0 saturated carbocycles. The second-order valence-electron chi connectivity index (χ2n) is 6.41. The maximum Gasteiger partial charge on any atom is 0.307 e. The molecule has 1 N–H and O–H groups in total. The molecule has 0 spiro atoms. The zero-order chi connectivity index (χ0) is 20.1. The summed E-state index contributed by atoms with van der Waals surface area (Å²) in [5.41, 5.74) is 2.63. The topological polar surface area (TPSA) is 73.2 Å². The maximum absolute atomic E-state index is 12.8. The molecule has 0 aliphatic carbocycles. The zero-order valence-corrected chi connectivity index (χ0v) is 17.4. The van der Waals surface area contributed by atoms with Crippen LogP contribution < -0.4 is 5.32 Å². The first-order valence-electron chi connectivity index (χ1n) is 9.07. The Hall–Kier alpha value is -2.67. The molecule has 0 aliphatic rings. The first-order valence-corrected chi connectivity index (χ1v) is 9.87. The number of hydrogen-bond donors (Lipinski definition) is 1. The summed E-state index contributed by atoms with van der Waals surface area (Å²) < 4.78 is 7.64. The van der Waals surface area contributed by atoms with Crippen molar-refractivity contribution in [2.75, 3.05) is 7.11 Å². The monoisotopic (exact) mass is 443 g/mol. The first kappa shape index (κ1) is 20.1. The van der Waals surface area contributed by atoms with Gasteiger partial charge in [0.25, 0.3) is 0 Å². The molecule has 3 rings (SSSR count). The van der Waals surface area contributed by atoms with Crippen LogP contribution in [0.15, 0.2) is 53.0 Å². The Morgan fingerprint density at radius 2 is 1.89 bits per heavy atom. The van der Waals surface area contributed by atoms with Crippen LogP contribution in [-0.4, -0.2) is 28.5 Å². The van der Waals surface area contributed by atoms with Gasteiger partial charge in [0.2, 0.25) is 5.91 Å². The van der Waals surface area contributed by atoms with Gasteiger partial charge in [0.05, 0.1) is 30.6 Å². The van der Waals surface area contributed by atoms with Crippen molar-refractivity contribution in [3.05, 3.63) is 64.4 Å². The highest BCUT2D eigenvalue weighted by molar-refractivity contribution is 9.10. The summed E-state index contributed by atoms with van der Waals surface area (Å²) in [6.07, 6.45) is 0.787. The van der Waals surface area contributed by atoms with Crippen LogP contribution in [0.2, 0.25) is 0 Å². The van der Waals surface area contributed by atoms with Crippen molar-refractivity contribution < 1.29 is 14.3 Å². The van der Waals surface area contributed by atoms with E-state index in [4.69, 9.17) is 4.74 Å². The molecular weight excluding hydrogens is 422 g/mol. The molecule has 0 saturated heterocycles. The molecule has 7 heteroatoms. The molecule has 1 aromatic heterocycles. The third kappa shape index (κ3) is 4.59. The van der Waals surface area contributed by atoms with E-state index in [1.807, 2.05) is 60.0 Å². The predicted molar refractivity (Wildman–Crippen MR) is 111 cm³/mol. The van der Waals surface area contributed by atoms with E-state index in [9.17, 15) is 9.59 Å². The minimum Gasteiger partial charge on any atom is -0.469 e. The smallest absolute Gasteiger partial charge is 0.307 e.